The molecule has 1 aliphatic carbocycles. The van der Waals surface area contributed by atoms with Gasteiger partial charge in [0.25, 0.3) is 0 Å². The van der Waals surface area contributed by atoms with Gasteiger partial charge in [0.1, 0.15) is 11.5 Å². The molecule has 0 fully saturated rings. The van der Waals surface area contributed by atoms with Gasteiger partial charge in [-0.3, -0.25) is 0 Å². The van der Waals surface area contributed by atoms with E-state index < -0.39 is 0 Å². The summed E-state index contributed by atoms with van der Waals surface area (Å²) < 4.78 is 5.20. The number of aromatic hydroxyl groups is 1. The molecule has 98 valence electrons. The first-order chi connectivity index (χ1) is 9.26. The van der Waals surface area contributed by atoms with Crippen molar-refractivity contribution in [3.05, 3.63) is 59.2 Å². The first-order valence-electron chi connectivity index (χ1n) is 6.71. The third kappa shape index (κ3) is 2.43. The summed E-state index contributed by atoms with van der Waals surface area (Å²) in [4.78, 5) is 0. The number of hydrogen-bond donors (Lipinski definition) is 1. The predicted molar refractivity (Wildman–Crippen MR) is 75.9 cm³/mol. The van der Waals surface area contributed by atoms with E-state index in [0.717, 1.165) is 25.0 Å². The molecule has 1 N–H and O–H groups in total. The number of ether oxygens (including phenoxy) is 1. The molecule has 0 aromatic heterocycles. The first-order valence-corrected chi connectivity index (χ1v) is 6.71. The van der Waals surface area contributed by atoms with Crippen molar-refractivity contribution in [1.29, 1.82) is 0 Å². The summed E-state index contributed by atoms with van der Waals surface area (Å²) in [6, 6.07) is 14.1. The van der Waals surface area contributed by atoms with Crippen LogP contribution in [0.15, 0.2) is 42.5 Å². The predicted octanol–water partition coefficient (Wildman–Crippen LogP) is 3.67. The lowest BCUT2D eigenvalue weighted by Crippen LogP contribution is -2.12. The lowest BCUT2D eigenvalue weighted by molar-refractivity contribution is 0.414. The van der Waals surface area contributed by atoms with Crippen LogP contribution in [0.5, 0.6) is 11.5 Å². The van der Waals surface area contributed by atoms with E-state index in [2.05, 4.69) is 18.2 Å². The largest absolute Gasteiger partial charge is 0.508 e. The van der Waals surface area contributed by atoms with E-state index in [4.69, 9.17) is 4.74 Å². The molecule has 2 aromatic carbocycles. The number of rotatable bonds is 2. The highest BCUT2D eigenvalue weighted by atomic mass is 16.5. The summed E-state index contributed by atoms with van der Waals surface area (Å²) in [6.07, 6.45) is 3.24. The normalized spacial score (nSPS) is 17.8. The second-order valence-corrected chi connectivity index (χ2v) is 5.17. The number of benzene rings is 2. The summed E-state index contributed by atoms with van der Waals surface area (Å²) in [6.45, 7) is 0. The number of fused-ring (bicyclic) bond motifs is 1. The number of aryl methyl sites for hydroxylation is 1. The summed E-state index contributed by atoms with van der Waals surface area (Å²) in [7, 11) is 1.69. The lowest BCUT2D eigenvalue weighted by atomic mass is 9.80. The molecule has 0 radical (unpaired) electrons. The van der Waals surface area contributed by atoms with E-state index in [1.165, 1.54) is 16.7 Å². The highest BCUT2D eigenvalue weighted by Crippen LogP contribution is 2.34. The molecule has 2 aromatic rings. The van der Waals surface area contributed by atoms with Crippen LogP contribution < -0.4 is 4.74 Å². The van der Waals surface area contributed by atoms with E-state index in [1.807, 2.05) is 18.2 Å². The lowest BCUT2D eigenvalue weighted by Gasteiger charge is -2.25. The summed E-state index contributed by atoms with van der Waals surface area (Å²) >= 11 is 0. The van der Waals surface area contributed by atoms with Crippen molar-refractivity contribution in [2.75, 3.05) is 7.11 Å². The van der Waals surface area contributed by atoms with Gasteiger partial charge in [-0.25, -0.2) is 0 Å². The van der Waals surface area contributed by atoms with Crippen molar-refractivity contribution < 1.29 is 9.84 Å². The Hall–Kier alpha value is -1.96. The second kappa shape index (κ2) is 4.96. The highest BCUT2D eigenvalue weighted by molar-refractivity contribution is 5.39. The van der Waals surface area contributed by atoms with Gasteiger partial charge < -0.3 is 9.84 Å². The molecule has 0 aliphatic heterocycles. The minimum absolute atomic E-state index is 0.377. The Morgan fingerprint density at radius 3 is 2.58 bits per heavy atom. The minimum atomic E-state index is 0.377. The molecule has 0 bridgehead atoms. The monoisotopic (exact) mass is 254 g/mol. The van der Waals surface area contributed by atoms with Crippen molar-refractivity contribution in [2.45, 2.75) is 25.2 Å². The molecule has 0 saturated heterocycles. The standard InChI is InChI=1S/C17H18O2/c1-19-17-8-5-12(6-9-17)13-2-3-15-11-16(18)7-4-14(15)10-13/h4-9,11,13,18H,2-3,10H2,1H3/t13-/m1/s1. The summed E-state index contributed by atoms with van der Waals surface area (Å²) in [5.74, 6) is 1.86. The fourth-order valence-corrected chi connectivity index (χ4v) is 2.90. The molecule has 0 saturated carbocycles. The maximum Gasteiger partial charge on any atom is 0.118 e. The highest BCUT2D eigenvalue weighted by Gasteiger charge is 2.20. The molecule has 1 atom stereocenters. The Labute approximate surface area is 113 Å². The Kier molecular flexibility index (Phi) is 3.16. The van der Waals surface area contributed by atoms with Crippen molar-refractivity contribution in [2.24, 2.45) is 0 Å². The van der Waals surface area contributed by atoms with Crippen LogP contribution in [-0.4, -0.2) is 12.2 Å². The van der Waals surface area contributed by atoms with Crippen molar-refractivity contribution in [3.8, 4) is 11.5 Å². The fourth-order valence-electron chi connectivity index (χ4n) is 2.90. The van der Waals surface area contributed by atoms with E-state index in [9.17, 15) is 5.11 Å². The molecule has 0 spiro atoms. The zero-order valence-corrected chi connectivity index (χ0v) is 11.1. The van der Waals surface area contributed by atoms with Crippen LogP contribution in [-0.2, 0) is 12.8 Å². The first kappa shape index (κ1) is 12.1. The van der Waals surface area contributed by atoms with Crippen LogP contribution in [0.1, 0.15) is 29.0 Å². The second-order valence-electron chi connectivity index (χ2n) is 5.17. The smallest absolute Gasteiger partial charge is 0.118 e. The van der Waals surface area contributed by atoms with E-state index in [1.54, 1.807) is 13.2 Å². The third-order valence-corrected chi connectivity index (χ3v) is 4.01. The van der Waals surface area contributed by atoms with Gasteiger partial charge in [0, 0.05) is 0 Å². The van der Waals surface area contributed by atoms with Gasteiger partial charge in [-0.1, -0.05) is 18.2 Å². The van der Waals surface area contributed by atoms with Crippen LogP contribution in [0.3, 0.4) is 0 Å². The van der Waals surface area contributed by atoms with E-state index >= 15 is 0 Å². The van der Waals surface area contributed by atoms with E-state index in [0.29, 0.717) is 11.7 Å². The van der Waals surface area contributed by atoms with Gasteiger partial charge in [0.2, 0.25) is 0 Å². The average Bonchev–Trinajstić information content (AvgIpc) is 2.47. The fraction of sp³-hybridized carbons (Fsp3) is 0.294. The molecular weight excluding hydrogens is 236 g/mol. The van der Waals surface area contributed by atoms with Crippen LogP contribution in [0.4, 0.5) is 0 Å². The molecule has 0 unspecified atom stereocenters. The third-order valence-electron chi connectivity index (χ3n) is 4.01. The number of phenols is 1. The van der Waals surface area contributed by atoms with Gasteiger partial charge in [-0.2, -0.15) is 0 Å². The van der Waals surface area contributed by atoms with E-state index in [-0.39, 0.29) is 0 Å². The van der Waals surface area contributed by atoms with Gasteiger partial charge in [0.05, 0.1) is 7.11 Å². The number of hydrogen-bond acceptors (Lipinski definition) is 2. The van der Waals surface area contributed by atoms with Crippen LogP contribution in [0, 0.1) is 0 Å². The SMILES string of the molecule is COc1ccc([C@@H]2CCc3cc(O)ccc3C2)cc1. The Morgan fingerprint density at radius 2 is 1.84 bits per heavy atom. The molecule has 0 amide bonds. The molecule has 0 heterocycles. The molecule has 2 heteroatoms. The Morgan fingerprint density at radius 1 is 1.05 bits per heavy atom. The average molecular weight is 254 g/mol. The zero-order valence-electron chi connectivity index (χ0n) is 11.1. The summed E-state index contributed by atoms with van der Waals surface area (Å²) in [5, 5.41) is 9.51. The number of phenolic OH excluding ortho intramolecular Hbond substituents is 1. The van der Waals surface area contributed by atoms with Crippen LogP contribution >= 0.6 is 0 Å². The molecule has 3 rings (SSSR count). The molecular formula is C17H18O2. The van der Waals surface area contributed by atoms with Crippen molar-refractivity contribution >= 4 is 0 Å². The van der Waals surface area contributed by atoms with Gasteiger partial charge in [0.15, 0.2) is 0 Å². The Bertz CT molecular complexity index is 572. The molecule has 2 nitrogen and oxygen atoms in total. The maximum absolute atomic E-state index is 9.51. The quantitative estimate of drug-likeness (QED) is 0.886. The minimum Gasteiger partial charge on any atom is -0.508 e. The van der Waals surface area contributed by atoms with Gasteiger partial charge >= 0.3 is 0 Å². The van der Waals surface area contributed by atoms with Crippen molar-refractivity contribution in [3.63, 3.8) is 0 Å². The van der Waals surface area contributed by atoms with Gasteiger partial charge in [-0.15, -0.1) is 0 Å². The van der Waals surface area contributed by atoms with Crippen LogP contribution in [0.25, 0.3) is 0 Å². The topological polar surface area (TPSA) is 29.5 Å². The summed E-state index contributed by atoms with van der Waals surface area (Å²) in [5.41, 5.74) is 4.04. The Balaban J connectivity index is 1.82. The molecule has 1 aliphatic rings. The maximum atomic E-state index is 9.51. The molecule has 19 heavy (non-hydrogen) atoms. The van der Waals surface area contributed by atoms with Gasteiger partial charge in [-0.05, 0) is 66.1 Å². The number of methoxy groups -OCH3 is 1. The van der Waals surface area contributed by atoms with Crippen molar-refractivity contribution in [1.82, 2.24) is 0 Å². The zero-order chi connectivity index (χ0) is 13.2. The van der Waals surface area contributed by atoms with Crippen LogP contribution in [0.2, 0.25) is 0 Å².